The summed E-state index contributed by atoms with van der Waals surface area (Å²) in [6, 6.07) is 7.68. The molecule has 2 atom stereocenters. The van der Waals surface area contributed by atoms with E-state index >= 15 is 0 Å². The molecule has 21 heavy (non-hydrogen) atoms. The van der Waals surface area contributed by atoms with Gasteiger partial charge in [0.05, 0.1) is 10.7 Å². The van der Waals surface area contributed by atoms with E-state index in [1.165, 1.54) is 12.8 Å². The number of piperidine rings is 1. The van der Waals surface area contributed by atoms with Gasteiger partial charge in [-0.25, -0.2) is 0 Å². The smallest absolute Gasteiger partial charge is 0.225 e. The molecule has 4 nitrogen and oxygen atoms in total. The van der Waals surface area contributed by atoms with Gasteiger partial charge >= 0.3 is 0 Å². The van der Waals surface area contributed by atoms with E-state index in [0.29, 0.717) is 35.6 Å². The third-order valence-electron chi connectivity index (χ3n) is 4.25. The minimum Gasteiger partial charge on any atom is -0.329 e. The zero-order chi connectivity index (χ0) is 15.2. The summed E-state index contributed by atoms with van der Waals surface area (Å²) in [5.74, 6) is 0.604. The molecule has 2 unspecified atom stereocenters. The van der Waals surface area contributed by atoms with Crippen molar-refractivity contribution >= 4 is 23.2 Å². The van der Waals surface area contributed by atoms with E-state index in [9.17, 15) is 4.79 Å². The van der Waals surface area contributed by atoms with Crippen LogP contribution in [0.3, 0.4) is 0 Å². The highest BCUT2D eigenvalue weighted by Gasteiger charge is 2.27. The minimum atomic E-state index is -0.00269. The highest BCUT2D eigenvalue weighted by molar-refractivity contribution is 6.33. The van der Waals surface area contributed by atoms with Crippen LogP contribution in [0.25, 0.3) is 0 Å². The van der Waals surface area contributed by atoms with Crippen LogP contribution in [-0.2, 0) is 4.79 Å². The second kappa shape index (κ2) is 7.78. The standard InChI is InChI=1S/C16H24ClN3O/c1-12-5-4-9-20(15(12)11-18)10-8-16(21)19-14-7-3-2-6-13(14)17/h2-3,6-7,12,15H,4-5,8-11,18H2,1H3,(H,19,21). The van der Waals surface area contributed by atoms with Crippen LogP contribution in [0, 0.1) is 5.92 Å². The molecule has 1 amide bonds. The van der Waals surface area contributed by atoms with Crippen LogP contribution < -0.4 is 11.1 Å². The molecule has 1 aliphatic rings. The van der Waals surface area contributed by atoms with E-state index in [1.54, 1.807) is 6.07 Å². The molecule has 1 aromatic carbocycles. The van der Waals surface area contributed by atoms with Crippen LogP contribution in [-0.4, -0.2) is 36.5 Å². The Balaban J connectivity index is 1.85. The number of halogens is 1. The number of nitrogens with zero attached hydrogens (tertiary/aromatic N) is 1. The van der Waals surface area contributed by atoms with Gasteiger partial charge in [0, 0.05) is 25.6 Å². The maximum absolute atomic E-state index is 12.1. The minimum absolute atomic E-state index is 0.00269. The van der Waals surface area contributed by atoms with Crippen molar-refractivity contribution in [2.45, 2.75) is 32.2 Å². The van der Waals surface area contributed by atoms with Crippen LogP contribution >= 0.6 is 11.6 Å². The molecule has 0 aliphatic carbocycles. The highest BCUT2D eigenvalue weighted by Crippen LogP contribution is 2.23. The molecule has 0 radical (unpaired) electrons. The monoisotopic (exact) mass is 309 g/mol. The van der Waals surface area contributed by atoms with Crippen LogP contribution in [0.1, 0.15) is 26.2 Å². The molecule has 1 saturated heterocycles. The molecule has 1 aliphatic heterocycles. The van der Waals surface area contributed by atoms with Gasteiger partial charge in [0.1, 0.15) is 0 Å². The summed E-state index contributed by atoms with van der Waals surface area (Å²) in [7, 11) is 0. The van der Waals surface area contributed by atoms with Gasteiger partial charge in [-0.1, -0.05) is 30.7 Å². The van der Waals surface area contributed by atoms with Crippen LogP contribution in [0.4, 0.5) is 5.69 Å². The number of para-hydroxylation sites is 1. The van der Waals surface area contributed by atoms with Crippen molar-refractivity contribution in [3.63, 3.8) is 0 Å². The van der Waals surface area contributed by atoms with Crippen LogP contribution in [0.2, 0.25) is 5.02 Å². The highest BCUT2D eigenvalue weighted by atomic mass is 35.5. The van der Waals surface area contributed by atoms with Gasteiger partial charge in [-0.05, 0) is 37.4 Å². The topological polar surface area (TPSA) is 58.4 Å². The van der Waals surface area contributed by atoms with Crippen molar-refractivity contribution in [1.82, 2.24) is 4.90 Å². The number of hydrogen-bond acceptors (Lipinski definition) is 3. The molecule has 116 valence electrons. The van der Waals surface area contributed by atoms with Crippen LogP contribution in [0.15, 0.2) is 24.3 Å². The van der Waals surface area contributed by atoms with Crippen molar-refractivity contribution in [2.75, 3.05) is 25.0 Å². The summed E-state index contributed by atoms with van der Waals surface area (Å²) in [5, 5.41) is 3.43. The number of anilines is 1. The Kier molecular flexibility index (Phi) is 6.03. The van der Waals surface area contributed by atoms with E-state index in [-0.39, 0.29) is 5.91 Å². The van der Waals surface area contributed by atoms with Gasteiger partial charge in [-0.2, -0.15) is 0 Å². The lowest BCUT2D eigenvalue weighted by atomic mass is 9.90. The Morgan fingerprint density at radius 1 is 1.48 bits per heavy atom. The molecule has 1 aromatic rings. The Labute approximate surface area is 131 Å². The summed E-state index contributed by atoms with van der Waals surface area (Å²) in [5.41, 5.74) is 6.55. The lowest BCUT2D eigenvalue weighted by Gasteiger charge is -2.39. The number of carbonyl (C=O) groups is 1. The number of likely N-dealkylation sites (tertiary alicyclic amines) is 1. The molecule has 0 spiro atoms. The van der Waals surface area contributed by atoms with Gasteiger partial charge in [-0.15, -0.1) is 0 Å². The number of nitrogens with two attached hydrogens (primary N) is 1. The Morgan fingerprint density at radius 3 is 2.95 bits per heavy atom. The fraction of sp³-hybridized carbons (Fsp3) is 0.562. The fourth-order valence-corrected chi connectivity index (χ4v) is 3.20. The third kappa shape index (κ3) is 4.43. The summed E-state index contributed by atoms with van der Waals surface area (Å²) in [6.07, 6.45) is 2.88. The van der Waals surface area contributed by atoms with E-state index in [1.807, 2.05) is 18.2 Å². The van der Waals surface area contributed by atoms with E-state index < -0.39 is 0 Å². The van der Waals surface area contributed by atoms with Gasteiger partial charge in [0.15, 0.2) is 0 Å². The molecule has 1 fully saturated rings. The number of amides is 1. The molecule has 3 N–H and O–H groups in total. The lowest BCUT2D eigenvalue weighted by molar-refractivity contribution is -0.116. The summed E-state index contributed by atoms with van der Waals surface area (Å²) in [6.45, 7) is 4.69. The first kappa shape index (κ1) is 16.3. The molecular weight excluding hydrogens is 286 g/mol. The number of hydrogen-bond donors (Lipinski definition) is 2. The predicted molar refractivity (Wildman–Crippen MR) is 87.5 cm³/mol. The zero-order valence-corrected chi connectivity index (χ0v) is 13.3. The summed E-state index contributed by atoms with van der Waals surface area (Å²) < 4.78 is 0. The molecule has 0 aromatic heterocycles. The zero-order valence-electron chi connectivity index (χ0n) is 12.5. The van der Waals surface area contributed by atoms with E-state index in [0.717, 1.165) is 13.1 Å². The average molecular weight is 310 g/mol. The molecule has 0 bridgehead atoms. The molecular formula is C16H24ClN3O. The Bertz CT molecular complexity index is 480. The first-order valence-electron chi connectivity index (χ1n) is 7.60. The predicted octanol–water partition coefficient (Wildman–Crippen LogP) is 2.73. The Hall–Kier alpha value is -1.10. The van der Waals surface area contributed by atoms with E-state index in [2.05, 4.69) is 17.1 Å². The SMILES string of the molecule is CC1CCCN(CCC(=O)Nc2ccccc2Cl)C1CN. The summed E-state index contributed by atoms with van der Waals surface area (Å²) >= 11 is 6.04. The lowest BCUT2D eigenvalue weighted by Crippen LogP contribution is -2.49. The molecule has 2 rings (SSSR count). The van der Waals surface area contributed by atoms with Gasteiger partial charge < -0.3 is 11.1 Å². The van der Waals surface area contributed by atoms with Gasteiger partial charge in [0.2, 0.25) is 5.91 Å². The quantitative estimate of drug-likeness (QED) is 0.879. The molecule has 5 heteroatoms. The Morgan fingerprint density at radius 2 is 2.24 bits per heavy atom. The largest absolute Gasteiger partial charge is 0.329 e. The summed E-state index contributed by atoms with van der Waals surface area (Å²) in [4.78, 5) is 14.4. The normalized spacial score (nSPS) is 23.0. The first-order chi connectivity index (χ1) is 10.1. The maximum atomic E-state index is 12.1. The number of benzene rings is 1. The van der Waals surface area contributed by atoms with Crippen molar-refractivity contribution < 1.29 is 4.79 Å². The number of nitrogens with one attached hydrogen (secondary N) is 1. The maximum Gasteiger partial charge on any atom is 0.225 e. The number of rotatable bonds is 5. The fourth-order valence-electron chi connectivity index (χ4n) is 3.01. The van der Waals surface area contributed by atoms with E-state index in [4.69, 9.17) is 17.3 Å². The van der Waals surface area contributed by atoms with Crippen molar-refractivity contribution in [2.24, 2.45) is 11.7 Å². The molecule has 0 saturated carbocycles. The van der Waals surface area contributed by atoms with Crippen molar-refractivity contribution in [3.05, 3.63) is 29.3 Å². The first-order valence-corrected chi connectivity index (χ1v) is 7.98. The van der Waals surface area contributed by atoms with Gasteiger partial charge in [0.25, 0.3) is 0 Å². The third-order valence-corrected chi connectivity index (χ3v) is 4.58. The van der Waals surface area contributed by atoms with Crippen molar-refractivity contribution in [3.8, 4) is 0 Å². The number of carbonyl (C=O) groups excluding carboxylic acids is 1. The second-order valence-electron chi connectivity index (χ2n) is 5.74. The second-order valence-corrected chi connectivity index (χ2v) is 6.14. The van der Waals surface area contributed by atoms with Gasteiger partial charge in [-0.3, -0.25) is 9.69 Å². The molecule has 1 heterocycles. The van der Waals surface area contributed by atoms with Crippen molar-refractivity contribution in [1.29, 1.82) is 0 Å². The average Bonchev–Trinajstić information content (AvgIpc) is 2.47. The van der Waals surface area contributed by atoms with Crippen LogP contribution in [0.5, 0.6) is 0 Å².